The lowest BCUT2D eigenvalue weighted by Crippen LogP contribution is -2.61. The van der Waals surface area contributed by atoms with Crippen molar-refractivity contribution in [1.82, 2.24) is 10.3 Å². The van der Waals surface area contributed by atoms with E-state index >= 15 is 0 Å². The number of ether oxygens (including phenoxy) is 5. The van der Waals surface area contributed by atoms with E-state index in [1.807, 2.05) is 24.3 Å². The summed E-state index contributed by atoms with van der Waals surface area (Å²) in [7, 11) is -4.04. The van der Waals surface area contributed by atoms with Crippen LogP contribution in [0.3, 0.4) is 0 Å². The summed E-state index contributed by atoms with van der Waals surface area (Å²) in [5.41, 5.74) is 2.36. The summed E-state index contributed by atoms with van der Waals surface area (Å²) in [6, 6.07) is 12.3. The Balaban J connectivity index is 1.11. The largest absolute Gasteiger partial charge is 0.341 e. The molecule has 5 unspecified atom stereocenters. The van der Waals surface area contributed by atoms with E-state index in [-0.39, 0.29) is 4.90 Å². The Morgan fingerprint density at radius 3 is 2.08 bits per heavy atom. The van der Waals surface area contributed by atoms with Gasteiger partial charge in [0, 0.05) is 25.7 Å². The molecular weight excluding hydrogens is 524 g/mol. The zero-order valence-corrected chi connectivity index (χ0v) is 22.5. The number of hydrazine groups is 1. The van der Waals surface area contributed by atoms with Crippen molar-refractivity contribution in [2.45, 2.75) is 111 Å². The fraction of sp³-hybridized carbons (Fsp3) is 0.607. The van der Waals surface area contributed by atoms with Gasteiger partial charge in [0.05, 0.1) is 4.90 Å². The number of hydrogen-bond donors (Lipinski definition) is 2. The Kier molecular flexibility index (Phi) is 6.46. The van der Waals surface area contributed by atoms with Gasteiger partial charge in [-0.3, -0.25) is 10.2 Å². The molecule has 2 N–H and O–H groups in total. The number of amides is 1. The summed E-state index contributed by atoms with van der Waals surface area (Å²) in [5.74, 6) is -2.20. The molecular formula is C28H34N2O8S. The smallest absolute Gasteiger partial charge is 0.267 e. The van der Waals surface area contributed by atoms with Crippen LogP contribution in [0.25, 0.3) is 10.8 Å². The zero-order chi connectivity index (χ0) is 26.7. The van der Waals surface area contributed by atoms with Gasteiger partial charge in [0.25, 0.3) is 15.9 Å². The van der Waals surface area contributed by atoms with Crippen LogP contribution in [0.4, 0.5) is 0 Å². The van der Waals surface area contributed by atoms with Gasteiger partial charge in [-0.15, -0.1) is 4.83 Å². The van der Waals surface area contributed by atoms with Gasteiger partial charge in [-0.1, -0.05) is 43.2 Å². The SMILES string of the molecule is O=C(NNS(=O)(=O)c1ccc2ccccc2c1)C1OC2OC3(CCCCC3)OC2C2OC3(CCCCC3)OC12. The maximum Gasteiger partial charge on any atom is 0.267 e. The van der Waals surface area contributed by atoms with Crippen LogP contribution in [0.15, 0.2) is 47.4 Å². The lowest BCUT2D eigenvalue weighted by Gasteiger charge is -2.36. The highest BCUT2D eigenvalue weighted by Gasteiger charge is 2.65. The maximum atomic E-state index is 13.5. The molecule has 3 heterocycles. The first kappa shape index (κ1) is 25.8. The minimum Gasteiger partial charge on any atom is -0.341 e. The third-order valence-electron chi connectivity index (χ3n) is 8.71. The summed E-state index contributed by atoms with van der Waals surface area (Å²) >= 11 is 0. The minimum absolute atomic E-state index is 0.0392. The molecule has 2 aromatic carbocycles. The third-order valence-corrected chi connectivity index (χ3v) is 9.95. The molecule has 5 aliphatic rings. The van der Waals surface area contributed by atoms with Crippen molar-refractivity contribution in [3.05, 3.63) is 42.5 Å². The van der Waals surface area contributed by atoms with E-state index < -0.39 is 58.2 Å². The number of carbonyl (C=O) groups is 1. The van der Waals surface area contributed by atoms with E-state index in [9.17, 15) is 13.2 Å². The molecule has 0 radical (unpaired) electrons. The van der Waals surface area contributed by atoms with Crippen LogP contribution in [0.1, 0.15) is 64.2 Å². The third kappa shape index (κ3) is 4.67. The Morgan fingerprint density at radius 1 is 0.744 bits per heavy atom. The molecule has 3 aliphatic heterocycles. The highest BCUT2D eigenvalue weighted by molar-refractivity contribution is 7.89. The predicted octanol–water partition coefficient (Wildman–Crippen LogP) is 3.39. The molecule has 0 bridgehead atoms. The standard InChI is InChI=1S/C28H34N2O8S/c31-25(29-30-39(32,33)20-12-11-18-9-3-4-10-19(18)17-20)23-21-22(36-27(35-21)13-5-1-6-14-27)24-26(34-23)38-28(37-24)15-7-2-8-16-28/h3-4,9-12,17,21-24,26,30H,1-2,5-8,13-16H2,(H,29,31). The number of benzene rings is 2. The van der Waals surface area contributed by atoms with Crippen LogP contribution in [0.5, 0.6) is 0 Å². The van der Waals surface area contributed by atoms with E-state index in [1.54, 1.807) is 12.1 Å². The van der Waals surface area contributed by atoms with Crippen molar-refractivity contribution in [1.29, 1.82) is 0 Å². The quantitative estimate of drug-likeness (QED) is 0.548. The van der Waals surface area contributed by atoms with Crippen LogP contribution in [0.2, 0.25) is 0 Å². The van der Waals surface area contributed by atoms with Crippen molar-refractivity contribution in [3.63, 3.8) is 0 Å². The average Bonchev–Trinajstić information content (AvgIpc) is 3.49. The van der Waals surface area contributed by atoms with Gasteiger partial charge < -0.3 is 23.7 Å². The Hall–Kier alpha value is -2.12. The topological polar surface area (TPSA) is 121 Å². The first-order valence-corrected chi connectivity index (χ1v) is 15.5. The molecule has 2 saturated carbocycles. The van der Waals surface area contributed by atoms with E-state index in [0.29, 0.717) is 0 Å². The van der Waals surface area contributed by atoms with Gasteiger partial charge >= 0.3 is 0 Å². The number of carbonyl (C=O) groups excluding carboxylic acids is 1. The van der Waals surface area contributed by atoms with E-state index in [4.69, 9.17) is 23.7 Å². The van der Waals surface area contributed by atoms with Crippen LogP contribution in [0, 0.1) is 0 Å². The molecule has 39 heavy (non-hydrogen) atoms. The number of hydrogen-bond acceptors (Lipinski definition) is 8. The second kappa shape index (κ2) is 9.76. The summed E-state index contributed by atoms with van der Waals surface area (Å²) in [4.78, 5) is 15.7. The van der Waals surface area contributed by atoms with Crippen molar-refractivity contribution >= 4 is 26.7 Å². The highest BCUT2D eigenvalue weighted by Crippen LogP contribution is 2.50. The summed E-state index contributed by atoms with van der Waals surface area (Å²) in [6.45, 7) is 0. The monoisotopic (exact) mass is 558 g/mol. The summed E-state index contributed by atoms with van der Waals surface area (Å²) in [6.07, 6.45) is 5.36. The molecule has 5 atom stereocenters. The van der Waals surface area contributed by atoms with E-state index in [1.165, 1.54) is 6.07 Å². The summed E-state index contributed by atoms with van der Waals surface area (Å²) in [5, 5.41) is 1.70. The summed E-state index contributed by atoms with van der Waals surface area (Å²) < 4.78 is 58.1. The number of fused-ring (bicyclic) bond motifs is 4. The molecule has 2 aliphatic carbocycles. The van der Waals surface area contributed by atoms with E-state index in [2.05, 4.69) is 10.3 Å². The Bertz CT molecular complexity index is 1350. The number of rotatable bonds is 4. The molecule has 11 heteroatoms. The second-order valence-corrected chi connectivity index (χ2v) is 13.0. The molecule has 2 spiro atoms. The first-order valence-electron chi connectivity index (χ1n) is 14.0. The number of nitrogens with one attached hydrogen (secondary N) is 2. The van der Waals surface area contributed by atoms with Crippen LogP contribution < -0.4 is 10.3 Å². The van der Waals surface area contributed by atoms with Crippen LogP contribution in [-0.2, 0) is 38.5 Å². The van der Waals surface area contributed by atoms with Crippen LogP contribution >= 0.6 is 0 Å². The van der Waals surface area contributed by atoms with Crippen molar-refractivity contribution in [2.24, 2.45) is 0 Å². The van der Waals surface area contributed by atoms with Crippen molar-refractivity contribution < 1.29 is 36.9 Å². The second-order valence-electron chi connectivity index (χ2n) is 11.3. The maximum absolute atomic E-state index is 13.5. The first-order chi connectivity index (χ1) is 18.9. The van der Waals surface area contributed by atoms with Gasteiger partial charge in [-0.05, 0) is 48.6 Å². The fourth-order valence-electron chi connectivity index (χ4n) is 6.75. The Morgan fingerprint density at radius 2 is 1.36 bits per heavy atom. The molecule has 7 rings (SSSR count). The molecule has 1 amide bonds. The van der Waals surface area contributed by atoms with Gasteiger partial charge in [0.1, 0.15) is 18.3 Å². The van der Waals surface area contributed by atoms with Gasteiger partial charge in [-0.2, -0.15) is 0 Å². The molecule has 5 fully saturated rings. The number of sulfonamides is 1. The van der Waals surface area contributed by atoms with Crippen LogP contribution in [-0.4, -0.2) is 56.6 Å². The Labute approximate surface area is 227 Å². The zero-order valence-electron chi connectivity index (χ0n) is 21.7. The van der Waals surface area contributed by atoms with Crippen molar-refractivity contribution in [2.75, 3.05) is 0 Å². The fourth-order valence-corrected chi connectivity index (χ4v) is 7.63. The van der Waals surface area contributed by atoms with E-state index in [0.717, 1.165) is 75.0 Å². The van der Waals surface area contributed by atoms with Gasteiger partial charge in [-0.25, -0.2) is 8.42 Å². The highest BCUT2D eigenvalue weighted by atomic mass is 32.2. The molecule has 3 saturated heterocycles. The molecule has 210 valence electrons. The van der Waals surface area contributed by atoms with Crippen molar-refractivity contribution in [3.8, 4) is 0 Å². The van der Waals surface area contributed by atoms with Gasteiger partial charge in [0.15, 0.2) is 24.0 Å². The predicted molar refractivity (Wildman–Crippen MR) is 138 cm³/mol. The molecule has 0 aromatic heterocycles. The molecule has 2 aromatic rings. The average molecular weight is 559 g/mol. The normalized spacial score (nSPS) is 33.2. The lowest BCUT2D eigenvalue weighted by atomic mass is 9.94. The molecule has 10 nitrogen and oxygen atoms in total. The van der Waals surface area contributed by atoms with Gasteiger partial charge in [0.2, 0.25) is 0 Å². The minimum atomic E-state index is -4.04. The lowest BCUT2D eigenvalue weighted by molar-refractivity contribution is -0.247.